The zero-order valence-corrected chi connectivity index (χ0v) is 11.0. The number of fused-ring (bicyclic) bond motifs is 1. The van der Waals surface area contributed by atoms with Crippen molar-refractivity contribution in [1.82, 2.24) is 9.78 Å². The lowest BCUT2D eigenvalue weighted by atomic mass is 10.2. The number of hydrogen-bond acceptors (Lipinski definition) is 4. The van der Waals surface area contributed by atoms with Crippen LogP contribution in [0.4, 0.5) is 11.4 Å². The smallest absolute Gasteiger partial charge is 0.248 e. The molecule has 0 saturated heterocycles. The molecule has 0 aliphatic carbocycles. The van der Waals surface area contributed by atoms with Gasteiger partial charge in [-0.2, -0.15) is 5.10 Å². The highest BCUT2D eigenvalue weighted by Crippen LogP contribution is 2.30. The van der Waals surface area contributed by atoms with Crippen LogP contribution in [0.2, 0.25) is 0 Å². The predicted octanol–water partition coefficient (Wildman–Crippen LogP) is 1.28. The fourth-order valence-corrected chi connectivity index (χ4v) is 2.28. The predicted molar refractivity (Wildman–Crippen MR) is 75.5 cm³/mol. The Morgan fingerprint density at radius 3 is 3.05 bits per heavy atom. The van der Waals surface area contributed by atoms with Crippen molar-refractivity contribution in [2.45, 2.75) is 13.0 Å². The van der Waals surface area contributed by atoms with Crippen LogP contribution in [0.3, 0.4) is 0 Å². The Hall–Kier alpha value is -2.50. The maximum atomic E-state index is 12.5. The summed E-state index contributed by atoms with van der Waals surface area (Å²) in [7, 11) is 0. The molecule has 0 saturated carbocycles. The van der Waals surface area contributed by atoms with Gasteiger partial charge in [-0.05, 0) is 18.6 Å². The van der Waals surface area contributed by atoms with Crippen molar-refractivity contribution in [2.24, 2.45) is 0 Å². The van der Waals surface area contributed by atoms with Gasteiger partial charge in [-0.1, -0.05) is 12.1 Å². The zero-order valence-electron chi connectivity index (χ0n) is 11.0. The Bertz CT molecular complexity index is 623. The second-order valence-electron chi connectivity index (χ2n) is 4.69. The Labute approximate surface area is 116 Å². The van der Waals surface area contributed by atoms with Crippen molar-refractivity contribution >= 4 is 17.3 Å². The molecule has 0 fully saturated rings. The fourth-order valence-electron chi connectivity index (χ4n) is 2.28. The van der Waals surface area contributed by atoms with Crippen molar-refractivity contribution < 1.29 is 9.53 Å². The van der Waals surface area contributed by atoms with E-state index >= 15 is 0 Å². The van der Waals surface area contributed by atoms with Gasteiger partial charge in [0.15, 0.2) is 0 Å². The number of nitrogens with zero attached hydrogens (tertiary/aromatic N) is 3. The van der Waals surface area contributed by atoms with Crippen LogP contribution < -0.4 is 15.4 Å². The number of ether oxygens (including phenoxy) is 1. The maximum Gasteiger partial charge on any atom is 0.248 e. The number of amides is 1. The summed E-state index contributed by atoms with van der Waals surface area (Å²) in [5.41, 5.74) is 6.97. The van der Waals surface area contributed by atoms with Gasteiger partial charge in [0.25, 0.3) is 0 Å². The number of benzene rings is 1. The van der Waals surface area contributed by atoms with E-state index in [0.717, 1.165) is 17.9 Å². The quantitative estimate of drug-likeness (QED) is 0.893. The second kappa shape index (κ2) is 5.24. The first-order chi connectivity index (χ1) is 9.74. The third-order valence-corrected chi connectivity index (χ3v) is 3.19. The number of nitrogens with two attached hydrogens (primary N) is 1. The van der Waals surface area contributed by atoms with E-state index in [9.17, 15) is 4.79 Å². The van der Waals surface area contributed by atoms with Gasteiger partial charge in [-0.15, -0.1) is 0 Å². The Morgan fingerprint density at radius 1 is 1.40 bits per heavy atom. The van der Waals surface area contributed by atoms with Gasteiger partial charge in [-0.25, -0.2) is 0 Å². The molecule has 1 aromatic heterocycles. The van der Waals surface area contributed by atoms with Gasteiger partial charge >= 0.3 is 0 Å². The SMILES string of the molecule is Nc1cnn(CC(=O)N2CCCOc3ccccc32)c1. The largest absolute Gasteiger partial charge is 0.491 e. The molecule has 2 N–H and O–H groups in total. The van der Waals surface area contributed by atoms with Crippen LogP contribution >= 0.6 is 0 Å². The molecule has 20 heavy (non-hydrogen) atoms. The molecule has 2 aromatic rings. The summed E-state index contributed by atoms with van der Waals surface area (Å²) >= 11 is 0. The van der Waals surface area contributed by atoms with Crippen LogP contribution in [0.25, 0.3) is 0 Å². The minimum absolute atomic E-state index is 0.0222. The number of para-hydroxylation sites is 2. The summed E-state index contributed by atoms with van der Waals surface area (Å²) in [5, 5.41) is 4.04. The van der Waals surface area contributed by atoms with Crippen molar-refractivity contribution in [3.63, 3.8) is 0 Å². The molecule has 0 radical (unpaired) electrons. The molecule has 0 atom stereocenters. The summed E-state index contributed by atoms with van der Waals surface area (Å²) in [5.74, 6) is 0.726. The van der Waals surface area contributed by atoms with E-state index in [2.05, 4.69) is 5.10 Å². The minimum Gasteiger partial charge on any atom is -0.491 e. The van der Waals surface area contributed by atoms with Gasteiger partial charge in [0, 0.05) is 12.7 Å². The first-order valence-corrected chi connectivity index (χ1v) is 6.54. The van der Waals surface area contributed by atoms with E-state index in [4.69, 9.17) is 10.5 Å². The molecule has 0 unspecified atom stereocenters. The molecule has 6 nitrogen and oxygen atoms in total. The van der Waals surface area contributed by atoms with Gasteiger partial charge in [-0.3, -0.25) is 9.48 Å². The van der Waals surface area contributed by atoms with Crippen LogP contribution in [-0.4, -0.2) is 28.8 Å². The molecule has 3 rings (SSSR count). The summed E-state index contributed by atoms with van der Waals surface area (Å²) in [6, 6.07) is 7.59. The van der Waals surface area contributed by atoms with E-state index in [-0.39, 0.29) is 12.5 Å². The standard InChI is InChI=1S/C14H16N4O2/c15-11-8-16-17(9-11)10-14(19)18-6-3-7-20-13-5-2-1-4-12(13)18/h1-2,4-5,8-9H,3,6-7,10,15H2. The summed E-state index contributed by atoms with van der Waals surface area (Å²) < 4.78 is 7.19. The van der Waals surface area contributed by atoms with Gasteiger partial charge in [0.1, 0.15) is 12.3 Å². The summed E-state index contributed by atoms with van der Waals surface area (Å²) in [4.78, 5) is 14.2. The van der Waals surface area contributed by atoms with Gasteiger partial charge < -0.3 is 15.4 Å². The van der Waals surface area contributed by atoms with Crippen LogP contribution in [0.1, 0.15) is 6.42 Å². The molecule has 0 bridgehead atoms. The number of carbonyl (C=O) groups is 1. The number of aromatic nitrogens is 2. The summed E-state index contributed by atoms with van der Waals surface area (Å²) in [6.07, 6.45) is 3.99. The fraction of sp³-hybridized carbons (Fsp3) is 0.286. The van der Waals surface area contributed by atoms with E-state index in [1.54, 1.807) is 15.8 Å². The van der Waals surface area contributed by atoms with E-state index in [0.29, 0.717) is 18.8 Å². The normalized spacial score (nSPS) is 14.3. The Morgan fingerprint density at radius 2 is 2.25 bits per heavy atom. The molecular formula is C14H16N4O2. The molecule has 104 valence electrons. The molecule has 1 aliphatic heterocycles. The van der Waals surface area contributed by atoms with E-state index in [1.165, 1.54) is 6.20 Å². The van der Waals surface area contributed by atoms with Crippen molar-refractivity contribution in [3.8, 4) is 5.75 Å². The van der Waals surface area contributed by atoms with Crippen molar-refractivity contribution in [3.05, 3.63) is 36.7 Å². The third-order valence-electron chi connectivity index (χ3n) is 3.19. The van der Waals surface area contributed by atoms with E-state index in [1.807, 2.05) is 24.3 Å². The number of anilines is 2. The van der Waals surface area contributed by atoms with Crippen LogP contribution in [-0.2, 0) is 11.3 Å². The number of hydrogen-bond donors (Lipinski definition) is 1. The summed E-state index contributed by atoms with van der Waals surface area (Å²) in [6.45, 7) is 1.44. The molecule has 1 amide bonds. The lowest BCUT2D eigenvalue weighted by Crippen LogP contribution is -2.34. The highest BCUT2D eigenvalue weighted by Gasteiger charge is 2.22. The second-order valence-corrected chi connectivity index (χ2v) is 4.69. The lowest BCUT2D eigenvalue weighted by Gasteiger charge is -2.21. The Balaban J connectivity index is 1.83. The van der Waals surface area contributed by atoms with Gasteiger partial charge in [0.2, 0.25) is 5.91 Å². The van der Waals surface area contributed by atoms with Crippen molar-refractivity contribution in [2.75, 3.05) is 23.8 Å². The van der Waals surface area contributed by atoms with Crippen LogP contribution in [0.5, 0.6) is 5.75 Å². The third kappa shape index (κ3) is 2.45. The lowest BCUT2D eigenvalue weighted by molar-refractivity contribution is -0.119. The number of rotatable bonds is 2. The average molecular weight is 272 g/mol. The highest BCUT2D eigenvalue weighted by molar-refractivity contribution is 5.94. The Kier molecular flexibility index (Phi) is 3.28. The molecule has 2 heterocycles. The number of carbonyl (C=O) groups excluding carboxylic acids is 1. The molecule has 1 aliphatic rings. The first-order valence-electron chi connectivity index (χ1n) is 6.54. The molecule has 0 spiro atoms. The molecule has 6 heteroatoms. The highest BCUT2D eigenvalue weighted by atomic mass is 16.5. The van der Waals surface area contributed by atoms with E-state index < -0.39 is 0 Å². The van der Waals surface area contributed by atoms with Crippen LogP contribution in [0, 0.1) is 0 Å². The monoisotopic (exact) mass is 272 g/mol. The molecule has 1 aromatic carbocycles. The molecular weight excluding hydrogens is 256 g/mol. The number of nitrogen functional groups attached to an aromatic ring is 1. The van der Waals surface area contributed by atoms with Gasteiger partial charge in [0.05, 0.1) is 24.2 Å². The maximum absolute atomic E-state index is 12.5. The minimum atomic E-state index is -0.0222. The topological polar surface area (TPSA) is 73.4 Å². The van der Waals surface area contributed by atoms with Crippen molar-refractivity contribution in [1.29, 1.82) is 0 Å². The first kappa shape index (κ1) is 12.5. The zero-order chi connectivity index (χ0) is 13.9. The van der Waals surface area contributed by atoms with Crippen LogP contribution in [0.15, 0.2) is 36.7 Å². The average Bonchev–Trinajstić information content (AvgIpc) is 2.74.